The Morgan fingerprint density at radius 1 is 1.38 bits per heavy atom. The van der Waals surface area contributed by atoms with E-state index >= 15 is 0 Å². The first-order valence-corrected chi connectivity index (χ1v) is 4.38. The van der Waals surface area contributed by atoms with Crippen molar-refractivity contribution < 1.29 is 5.82 Å². The highest BCUT2D eigenvalue weighted by molar-refractivity contribution is 5.81. The van der Waals surface area contributed by atoms with Crippen LogP contribution in [0, 0.1) is 12.7 Å². The maximum absolute atomic E-state index is 13.0. The Bertz CT molecular complexity index is 398. The third-order valence-electron chi connectivity index (χ3n) is 1.71. The third kappa shape index (κ3) is 1.69. The zero-order chi connectivity index (χ0) is 9.84. The normalized spacial score (nSPS) is 9.54. The van der Waals surface area contributed by atoms with Crippen molar-refractivity contribution in [3.8, 4) is 0 Å². The quantitative estimate of drug-likeness (QED) is 0.665. The Kier molecular flexibility index (Phi) is 3.01. The third-order valence-corrected chi connectivity index (χ3v) is 1.71. The number of aromatic nitrogens is 2. The van der Waals surface area contributed by atoms with Gasteiger partial charge in [0, 0.05) is 7.12 Å². The zero-order valence-electron chi connectivity index (χ0n) is 8.06. The SMILES string of the molecule is CC.Cc1[nH]nc2cccc(F)c12.[HH]. The molecule has 0 aliphatic heterocycles. The monoisotopic (exact) mass is 182 g/mol. The summed E-state index contributed by atoms with van der Waals surface area (Å²) in [6.07, 6.45) is 0. The molecule has 0 radical (unpaired) electrons. The minimum Gasteiger partial charge on any atom is -0.282 e. The molecule has 0 spiro atoms. The van der Waals surface area contributed by atoms with Gasteiger partial charge in [-0.2, -0.15) is 5.10 Å². The largest absolute Gasteiger partial charge is 0.282 e. The van der Waals surface area contributed by atoms with Crippen LogP contribution in [0.1, 0.15) is 21.0 Å². The van der Waals surface area contributed by atoms with E-state index in [1.165, 1.54) is 6.07 Å². The Morgan fingerprint density at radius 2 is 2.08 bits per heavy atom. The van der Waals surface area contributed by atoms with E-state index in [1.54, 1.807) is 19.1 Å². The number of halogens is 1. The highest BCUT2D eigenvalue weighted by atomic mass is 19.1. The summed E-state index contributed by atoms with van der Waals surface area (Å²) in [6, 6.07) is 4.87. The van der Waals surface area contributed by atoms with E-state index in [4.69, 9.17) is 0 Å². The van der Waals surface area contributed by atoms with E-state index in [1.807, 2.05) is 13.8 Å². The number of H-pyrrole nitrogens is 1. The molecule has 1 N–H and O–H groups in total. The van der Waals surface area contributed by atoms with Crippen LogP contribution in [-0.2, 0) is 0 Å². The minimum atomic E-state index is -0.214. The fourth-order valence-electron chi connectivity index (χ4n) is 1.18. The van der Waals surface area contributed by atoms with Gasteiger partial charge in [0.15, 0.2) is 0 Å². The van der Waals surface area contributed by atoms with Crippen molar-refractivity contribution in [1.82, 2.24) is 10.2 Å². The summed E-state index contributed by atoms with van der Waals surface area (Å²) in [7, 11) is 0. The van der Waals surface area contributed by atoms with Gasteiger partial charge in [0.1, 0.15) is 5.82 Å². The summed E-state index contributed by atoms with van der Waals surface area (Å²) in [5.74, 6) is -0.214. The Labute approximate surface area is 78.3 Å². The molecule has 2 rings (SSSR count). The lowest BCUT2D eigenvalue weighted by Crippen LogP contribution is -1.76. The molecule has 0 amide bonds. The van der Waals surface area contributed by atoms with Crippen molar-refractivity contribution in [2.45, 2.75) is 20.8 Å². The molecule has 0 aliphatic carbocycles. The second kappa shape index (κ2) is 4.03. The summed E-state index contributed by atoms with van der Waals surface area (Å²) in [5, 5.41) is 7.23. The molecular formula is C10H15FN2. The van der Waals surface area contributed by atoms with Crippen LogP contribution in [-0.4, -0.2) is 10.2 Å². The van der Waals surface area contributed by atoms with Gasteiger partial charge in [-0.15, -0.1) is 0 Å². The second-order valence-corrected chi connectivity index (χ2v) is 2.48. The molecular weight excluding hydrogens is 167 g/mol. The summed E-state index contributed by atoms with van der Waals surface area (Å²) >= 11 is 0. The fraction of sp³-hybridized carbons (Fsp3) is 0.300. The van der Waals surface area contributed by atoms with Crippen LogP contribution < -0.4 is 0 Å². The van der Waals surface area contributed by atoms with Crippen LogP contribution >= 0.6 is 0 Å². The molecule has 1 aromatic carbocycles. The number of hydrogen-bond acceptors (Lipinski definition) is 1. The molecule has 1 aromatic heterocycles. The molecule has 0 aliphatic rings. The van der Waals surface area contributed by atoms with Crippen LogP contribution in [0.25, 0.3) is 10.9 Å². The number of benzene rings is 1. The summed E-state index contributed by atoms with van der Waals surface area (Å²) in [6.45, 7) is 5.80. The maximum atomic E-state index is 13.0. The van der Waals surface area contributed by atoms with Gasteiger partial charge < -0.3 is 0 Å². The number of aromatic amines is 1. The van der Waals surface area contributed by atoms with Crippen LogP contribution in [0.3, 0.4) is 0 Å². The number of aryl methyl sites for hydroxylation is 1. The maximum Gasteiger partial charge on any atom is 0.134 e. The standard InChI is InChI=1S/C8H7FN2.C2H6.H2/c1-5-8-6(9)3-2-4-7(8)11-10-5;1-2;/h2-4H,1H3,(H,10,11);1-2H3;1H. The van der Waals surface area contributed by atoms with Gasteiger partial charge in [-0.1, -0.05) is 19.9 Å². The topological polar surface area (TPSA) is 28.7 Å². The minimum absolute atomic E-state index is 0. The van der Waals surface area contributed by atoms with Gasteiger partial charge in [-0.05, 0) is 19.1 Å². The fourth-order valence-corrected chi connectivity index (χ4v) is 1.18. The molecule has 0 saturated heterocycles. The summed E-state index contributed by atoms with van der Waals surface area (Å²) < 4.78 is 13.0. The van der Waals surface area contributed by atoms with E-state index in [2.05, 4.69) is 10.2 Å². The molecule has 0 saturated carbocycles. The van der Waals surface area contributed by atoms with Gasteiger partial charge >= 0.3 is 0 Å². The highest BCUT2D eigenvalue weighted by Gasteiger charge is 2.04. The molecule has 1 heterocycles. The van der Waals surface area contributed by atoms with Gasteiger partial charge in [0.2, 0.25) is 0 Å². The van der Waals surface area contributed by atoms with Crippen molar-refractivity contribution in [1.29, 1.82) is 0 Å². The molecule has 0 atom stereocenters. The van der Waals surface area contributed by atoms with Crippen LogP contribution in [0.5, 0.6) is 0 Å². The van der Waals surface area contributed by atoms with Crippen LogP contribution in [0.2, 0.25) is 0 Å². The molecule has 2 aromatic rings. The summed E-state index contributed by atoms with van der Waals surface area (Å²) in [4.78, 5) is 0. The summed E-state index contributed by atoms with van der Waals surface area (Å²) in [5.41, 5.74) is 1.46. The lowest BCUT2D eigenvalue weighted by atomic mass is 10.2. The molecule has 3 heteroatoms. The molecule has 0 fully saturated rings. The van der Waals surface area contributed by atoms with Crippen LogP contribution in [0.15, 0.2) is 18.2 Å². The average molecular weight is 182 g/mol. The average Bonchev–Trinajstić information content (AvgIpc) is 2.53. The predicted molar refractivity (Wildman–Crippen MR) is 54.3 cm³/mol. The first kappa shape index (κ1) is 9.71. The smallest absolute Gasteiger partial charge is 0.134 e. The Balaban J connectivity index is 0.000000531. The van der Waals surface area contributed by atoms with E-state index in [9.17, 15) is 4.39 Å². The molecule has 0 unspecified atom stereocenters. The number of hydrogen-bond donors (Lipinski definition) is 1. The number of fused-ring (bicyclic) bond motifs is 1. The van der Waals surface area contributed by atoms with Gasteiger partial charge in [-0.25, -0.2) is 4.39 Å². The Morgan fingerprint density at radius 3 is 2.69 bits per heavy atom. The van der Waals surface area contributed by atoms with E-state index in [0.29, 0.717) is 10.9 Å². The number of rotatable bonds is 0. The lowest BCUT2D eigenvalue weighted by Gasteiger charge is -1.89. The Hall–Kier alpha value is -1.38. The molecule has 13 heavy (non-hydrogen) atoms. The van der Waals surface area contributed by atoms with Gasteiger partial charge in [0.05, 0.1) is 10.9 Å². The number of nitrogens with one attached hydrogen (secondary N) is 1. The van der Waals surface area contributed by atoms with E-state index < -0.39 is 0 Å². The van der Waals surface area contributed by atoms with Crippen molar-refractivity contribution in [2.24, 2.45) is 0 Å². The van der Waals surface area contributed by atoms with Crippen molar-refractivity contribution in [3.05, 3.63) is 29.7 Å². The van der Waals surface area contributed by atoms with Gasteiger partial charge in [-0.3, -0.25) is 5.10 Å². The molecule has 72 valence electrons. The molecule has 2 nitrogen and oxygen atoms in total. The van der Waals surface area contributed by atoms with Crippen molar-refractivity contribution in [3.63, 3.8) is 0 Å². The van der Waals surface area contributed by atoms with Crippen LogP contribution in [0.4, 0.5) is 4.39 Å². The van der Waals surface area contributed by atoms with E-state index in [0.717, 1.165) is 5.69 Å². The molecule has 0 bridgehead atoms. The first-order chi connectivity index (χ1) is 6.29. The lowest BCUT2D eigenvalue weighted by molar-refractivity contribution is 0.639. The van der Waals surface area contributed by atoms with Gasteiger partial charge in [0.25, 0.3) is 0 Å². The van der Waals surface area contributed by atoms with E-state index in [-0.39, 0.29) is 7.24 Å². The van der Waals surface area contributed by atoms with Crippen molar-refractivity contribution in [2.75, 3.05) is 0 Å². The van der Waals surface area contributed by atoms with Crippen molar-refractivity contribution >= 4 is 10.9 Å². The second-order valence-electron chi connectivity index (χ2n) is 2.48. The first-order valence-electron chi connectivity index (χ1n) is 4.38. The highest BCUT2D eigenvalue weighted by Crippen LogP contribution is 2.17. The number of nitrogens with zero attached hydrogens (tertiary/aromatic N) is 1. The predicted octanol–water partition coefficient (Wildman–Crippen LogP) is 3.28. The zero-order valence-corrected chi connectivity index (χ0v) is 8.06.